The van der Waals surface area contributed by atoms with Crippen LogP contribution in [-0.4, -0.2) is 53.8 Å². The SMILES string of the molecule is Clc1cnc(CC2CCC(N3CCCC3)CC2)cc1-c1cc(NCC2CCOCC2)cnc1Cl. The maximum Gasteiger partial charge on any atom is 0.137 e. The van der Waals surface area contributed by atoms with E-state index in [0.29, 0.717) is 22.0 Å². The van der Waals surface area contributed by atoms with Crippen molar-refractivity contribution in [3.8, 4) is 11.1 Å². The third-order valence-corrected chi connectivity index (χ3v) is 8.55. The van der Waals surface area contributed by atoms with E-state index >= 15 is 0 Å². The van der Waals surface area contributed by atoms with Crippen LogP contribution in [0.4, 0.5) is 5.69 Å². The van der Waals surface area contributed by atoms with E-state index in [1.807, 2.05) is 0 Å². The normalized spacial score (nSPS) is 24.4. The predicted octanol–water partition coefficient (Wildman–Crippen LogP) is 6.49. The third-order valence-electron chi connectivity index (χ3n) is 7.95. The second-order valence-corrected chi connectivity index (χ2v) is 11.0. The highest BCUT2D eigenvalue weighted by Crippen LogP contribution is 2.36. The average Bonchev–Trinajstić information content (AvgIpc) is 3.41. The van der Waals surface area contributed by atoms with Crippen LogP contribution in [0.1, 0.15) is 57.1 Å². The maximum atomic E-state index is 6.60. The van der Waals surface area contributed by atoms with Crippen LogP contribution in [-0.2, 0) is 11.2 Å². The van der Waals surface area contributed by atoms with Crippen LogP contribution in [0.15, 0.2) is 24.5 Å². The number of likely N-dealkylation sites (tertiary alicyclic amines) is 1. The Kier molecular flexibility index (Phi) is 8.26. The second kappa shape index (κ2) is 11.6. The molecule has 0 amide bonds. The minimum atomic E-state index is 0.474. The van der Waals surface area contributed by atoms with Crippen LogP contribution in [0, 0.1) is 11.8 Å². The van der Waals surface area contributed by atoms with E-state index < -0.39 is 0 Å². The summed E-state index contributed by atoms with van der Waals surface area (Å²) in [5.74, 6) is 1.33. The first-order valence-corrected chi connectivity index (χ1v) is 13.8. The zero-order valence-corrected chi connectivity index (χ0v) is 21.5. The molecule has 7 heteroatoms. The number of nitrogens with zero attached hydrogens (tertiary/aromatic N) is 3. The smallest absolute Gasteiger partial charge is 0.137 e. The van der Waals surface area contributed by atoms with Gasteiger partial charge in [-0.25, -0.2) is 4.98 Å². The van der Waals surface area contributed by atoms with Crippen LogP contribution >= 0.6 is 23.2 Å². The average molecular weight is 504 g/mol. The third kappa shape index (κ3) is 6.04. The van der Waals surface area contributed by atoms with E-state index in [9.17, 15) is 0 Å². The molecule has 34 heavy (non-hydrogen) atoms. The predicted molar refractivity (Wildman–Crippen MR) is 140 cm³/mol. The second-order valence-electron chi connectivity index (χ2n) is 10.3. The summed E-state index contributed by atoms with van der Waals surface area (Å²) in [6, 6.07) is 5.00. The summed E-state index contributed by atoms with van der Waals surface area (Å²) in [6.45, 7) is 5.23. The molecule has 1 N–H and O–H groups in total. The highest BCUT2D eigenvalue weighted by atomic mass is 35.5. The van der Waals surface area contributed by atoms with Gasteiger partial charge in [-0.05, 0) is 94.8 Å². The fourth-order valence-electron chi connectivity index (χ4n) is 5.86. The van der Waals surface area contributed by atoms with Crippen molar-refractivity contribution >= 4 is 28.9 Å². The molecule has 0 aromatic carbocycles. The fraction of sp³-hybridized carbons (Fsp3) is 0.630. The molecule has 1 aliphatic carbocycles. The minimum absolute atomic E-state index is 0.474. The summed E-state index contributed by atoms with van der Waals surface area (Å²) in [5.41, 5.74) is 3.86. The lowest BCUT2D eigenvalue weighted by Gasteiger charge is -2.34. The van der Waals surface area contributed by atoms with Gasteiger partial charge in [0.25, 0.3) is 0 Å². The number of nitrogens with one attached hydrogen (secondary N) is 1. The van der Waals surface area contributed by atoms with Gasteiger partial charge < -0.3 is 15.0 Å². The number of anilines is 1. The van der Waals surface area contributed by atoms with E-state index in [-0.39, 0.29) is 0 Å². The highest BCUT2D eigenvalue weighted by Gasteiger charge is 2.28. The van der Waals surface area contributed by atoms with Gasteiger partial charge in [0.05, 0.1) is 16.9 Å². The molecule has 1 saturated carbocycles. The first-order chi connectivity index (χ1) is 16.7. The van der Waals surface area contributed by atoms with Crippen molar-refractivity contribution in [2.24, 2.45) is 11.8 Å². The fourth-order valence-corrected chi connectivity index (χ4v) is 6.27. The Hall–Kier alpha value is -1.40. The van der Waals surface area contributed by atoms with Gasteiger partial charge in [-0.2, -0.15) is 0 Å². The Balaban J connectivity index is 1.24. The van der Waals surface area contributed by atoms with Gasteiger partial charge in [0.1, 0.15) is 5.15 Å². The van der Waals surface area contributed by atoms with Crippen LogP contribution in [0.25, 0.3) is 11.1 Å². The molecule has 2 aromatic heterocycles. The summed E-state index contributed by atoms with van der Waals surface area (Å²) in [7, 11) is 0. The summed E-state index contributed by atoms with van der Waals surface area (Å²) >= 11 is 13.1. The first kappa shape index (κ1) is 24.3. The van der Waals surface area contributed by atoms with Crippen molar-refractivity contribution < 1.29 is 4.74 Å². The number of rotatable bonds is 7. The molecule has 0 bridgehead atoms. The van der Waals surface area contributed by atoms with Gasteiger partial charge in [0.2, 0.25) is 0 Å². The summed E-state index contributed by atoms with van der Waals surface area (Å²) in [4.78, 5) is 11.8. The monoisotopic (exact) mass is 502 g/mol. The molecular formula is C27H36Cl2N4O. The molecule has 0 radical (unpaired) electrons. The standard InChI is InChI=1S/C27H36Cl2N4O/c28-26-18-31-21(13-19-3-5-23(6-4-19)33-9-1-2-10-33)14-24(26)25-15-22(17-32-27(25)29)30-16-20-7-11-34-12-8-20/h14-15,17-20,23,30H,1-13,16H2. The lowest BCUT2D eigenvalue weighted by atomic mass is 9.82. The molecule has 5 rings (SSSR count). The number of hydrogen-bond acceptors (Lipinski definition) is 5. The van der Waals surface area contributed by atoms with Crippen molar-refractivity contribution in [1.29, 1.82) is 0 Å². The Morgan fingerprint density at radius 2 is 1.65 bits per heavy atom. The lowest BCUT2D eigenvalue weighted by Crippen LogP contribution is -2.36. The maximum absolute atomic E-state index is 6.60. The van der Waals surface area contributed by atoms with E-state index in [0.717, 1.165) is 67.6 Å². The van der Waals surface area contributed by atoms with Crippen LogP contribution < -0.4 is 5.32 Å². The Labute approximate surface area is 213 Å². The summed E-state index contributed by atoms with van der Waals surface area (Å²) < 4.78 is 5.47. The van der Waals surface area contributed by atoms with Crippen LogP contribution in [0.3, 0.4) is 0 Å². The molecule has 184 valence electrons. The lowest BCUT2D eigenvalue weighted by molar-refractivity contribution is 0.0699. The van der Waals surface area contributed by atoms with E-state index in [2.05, 4.69) is 32.3 Å². The largest absolute Gasteiger partial charge is 0.384 e. The molecule has 3 fully saturated rings. The summed E-state index contributed by atoms with van der Waals surface area (Å²) in [5, 5.41) is 4.63. The van der Waals surface area contributed by atoms with Crippen LogP contribution in [0.2, 0.25) is 10.2 Å². The molecule has 3 aliphatic rings. The van der Waals surface area contributed by atoms with Crippen LogP contribution in [0.5, 0.6) is 0 Å². The van der Waals surface area contributed by atoms with Gasteiger partial charge in [0, 0.05) is 48.8 Å². The summed E-state index contributed by atoms with van der Waals surface area (Å²) in [6.07, 6.45) is 14.7. The Bertz CT molecular complexity index is 952. The molecule has 0 spiro atoms. The molecular weight excluding hydrogens is 467 g/mol. The topological polar surface area (TPSA) is 50.3 Å². The van der Waals surface area contributed by atoms with Gasteiger partial charge >= 0.3 is 0 Å². The Morgan fingerprint density at radius 3 is 2.41 bits per heavy atom. The number of hydrogen-bond donors (Lipinski definition) is 1. The molecule has 4 heterocycles. The minimum Gasteiger partial charge on any atom is -0.384 e. The van der Waals surface area contributed by atoms with Crippen molar-refractivity contribution in [3.63, 3.8) is 0 Å². The van der Waals surface area contributed by atoms with Gasteiger partial charge in [-0.15, -0.1) is 0 Å². The quantitative estimate of drug-likeness (QED) is 0.438. The van der Waals surface area contributed by atoms with Crippen molar-refractivity contribution in [3.05, 3.63) is 40.4 Å². The number of aromatic nitrogens is 2. The molecule has 0 unspecified atom stereocenters. The number of ether oxygens (including phenoxy) is 1. The zero-order chi connectivity index (χ0) is 23.3. The number of halogens is 2. The van der Waals surface area contributed by atoms with E-state index in [4.69, 9.17) is 27.9 Å². The zero-order valence-electron chi connectivity index (χ0n) is 19.9. The molecule has 5 nitrogen and oxygen atoms in total. The van der Waals surface area contributed by atoms with Crippen molar-refractivity contribution in [2.75, 3.05) is 38.2 Å². The van der Waals surface area contributed by atoms with Gasteiger partial charge in [-0.1, -0.05) is 23.2 Å². The van der Waals surface area contributed by atoms with Crippen molar-refractivity contribution in [1.82, 2.24) is 14.9 Å². The molecule has 2 aromatic rings. The van der Waals surface area contributed by atoms with E-state index in [1.54, 1.807) is 12.4 Å². The van der Waals surface area contributed by atoms with Gasteiger partial charge in [-0.3, -0.25) is 4.98 Å². The Morgan fingerprint density at radius 1 is 0.882 bits per heavy atom. The molecule has 2 saturated heterocycles. The highest BCUT2D eigenvalue weighted by molar-refractivity contribution is 6.35. The van der Waals surface area contributed by atoms with Gasteiger partial charge in [0.15, 0.2) is 0 Å². The van der Waals surface area contributed by atoms with E-state index in [1.165, 1.54) is 51.6 Å². The molecule has 2 aliphatic heterocycles. The first-order valence-electron chi connectivity index (χ1n) is 13.0. The number of pyridine rings is 2. The van der Waals surface area contributed by atoms with Crippen molar-refractivity contribution in [2.45, 2.75) is 63.8 Å². The molecule has 0 atom stereocenters.